The van der Waals surface area contributed by atoms with Crippen molar-refractivity contribution in [3.8, 4) is 0 Å². The van der Waals surface area contributed by atoms with Crippen LogP contribution in [0, 0.1) is 17.5 Å². The number of carbonyl (C=O) groups excluding carboxylic acids is 1. The van der Waals surface area contributed by atoms with Crippen molar-refractivity contribution >= 4 is 28.7 Å². The van der Waals surface area contributed by atoms with E-state index in [1.54, 1.807) is 0 Å². The van der Waals surface area contributed by atoms with Crippen LogP contribution < -0.4 is 5.32 Å². The largest absolute Gasteiger partial charge is 0.606 e. The summed E-state index contributed by atoms with van der Waals surface area (Å²) in [5.74, 6) is -3.17. The lowest BCUT2D eigenvalue weighted by Gasteiger charge is -2.16. The summed E-state index contributed by atoms with van der Waals surface area (Å²) in [5.41, 5.74) is -0.358. The second-order valence-electron chi connectivity index (χ2n) is 5.63. The molecule has 0 bridgehead atoms. The first-order chi connectivity index (χ1) is 13.4. The number of aromatic nitrogens is 1. The molecule has 3 aromatic rings. The lowest BCUT2D eigenvalue weighted by molar-refractivity contribution is 0.0949. The summed E-state index contributed by atoms with van der Waals surface area (Å²) in [6.07, 6.45) is 2.06. The second-order valence-corrected chi connectivity index (χ2v) is 7.49. The van der Waals surface area contributed by atoms with Crippen molar-refractivity contribution in [3.63, 3.8) is 0 Å². The van der Waals surface area contributed by atoms with Crippen LogP contribution in [0.25, 0.3) is 0 Å². The monoisotopic (exact) mass is 424 g/mol. The molecule has 2 aromatic carbocycles. The first kappa shape index (κ1) is 20.2. The number of rotatable bonds is 5. The van der Waals surface area contributed by atoms with E-state index >= 15 is 0 Å². The molecule has 3 rings (SSSR count). The van der Waals surface area contributed by atoms with Gasteiger partial charge in [-0.05, 0) is 42.5 Å². The highest BCUT2D eigenvalue weighted by molar-refractivity contribution is 7.91. The summed E-state index contributed by atoms with van der Waals surface area (Å²) in [4.78, 5) is 15.5. The minimum absolute atomic E-state index is 0.0859. The lowest BCUT2D eigenvalue weighted by Crippen LogP contribution is -2.25. The van der Waals surface area contributed by atoms with Gasteiger partial charge in [-0.2, -0.15) is 0 Å². The Morgan fingerprint density at radius 2 is 1.75 bits per heavy atom. The Labute approximate surface area is 166 Å². The molecule has 1 heterocycles. The van der Waals surface area contributed by atoms with Crippen molar-refractivity contribution < 1.29 is 22.5 Å². The minimum Gasteiger partial charge on any atom is -0.606 e. The average Bonchev–Trinajstić information content (AvgIpc) is 2.68. The van der Waals surface area contributed by atoms with Crippen molar-refractivity contribution in [1.82, 2.24) is 10.3 Å². The number of benzene rings is 2. The zero-order valence-corrected chi connectivity index (χ0v) is 15.7. The Kier molecular flexibility index (Phi) is 6.23. The molecular formula is C19H12ClF3N2O2S. The van der Waals surface area contributed by atoms with Crippen LogP contribution in [0.5, 0.6) is 0 Å². The van der Waals surface area contributed by atoms with Gasteiger partial charge in [0.2, 0.25) is 4.90 Å². The van der Waals surface area contributed by atoms with E-state index in [1.165, 1.54) is 24.3 Å². The van der Waals surface area contributed by atoms with Crippen molar-refractivity contribution in [1.29, 1.82) is 0 Å². The quantitative estimate of drug-likeness (QED) is 0.623. The fourth-order valence-electron chi connectivity index (χ4n) is 2.42. The van der Waals surface area contributed by atoms with E-state index in [9.17, 15) is 22.5 Å². The van der Waals surface area contributed by atoms with Gasteiger partial charge in [0.1, 0.15) is 11.6 Å². The first-order valence-electron chi connectivity index (χ1n) is 7.90. The number of hydrogen-bond donors (Lipinski definition) is 1. The predicted octanol–water partition coefficient (Wildman–Crippen LogP) is 4.25. The molecule has 0 fully saturated rings. The van der Waals surface area contributed by atoms with Gasteiger partial charge in [-0.15, -0.1) is 0 Å². The molecule has 0 spiro atoms. The zero-order chi connectivity index (χ0) is 20.3. The van der Waals surface area contributed by atoms with Gasteiger partial charge in [0, 0.05) is 22.4 Å². The highest BCUT2D eigenvalue weighted by Gasteiger charge is 2.27. The van der Waals surface area contributed by atoms with Crippen molar-refractivity contribution in [3.05, 3.63) is 88.5 Å². The third-order valence-corrected chi connectivity index (χ3v) is 5.53. The SMILES string of the molecule is O=C(NCc1c(F)ccc(F)c1[S+]([O-])c1ccc(Cl)cc1)c1cncc(F)c1. The van der Waals surface area contributed by atoms with Crippen LogP contribution in [0.2, 0.25) is 5.02 Å². The molecule has 144 valence electrons. The fraction of sp³-hybridized carbons (Fsp3) is 0.0526. The van der Waals surface area contributed by atoms with Crippen LogP contribution in [-0.2, 0) is 17.7 Å². The molecule has 0 aliphatic heterocycles. The molecule has 1 atom stereocenters. The van der Waals surface area contributed by atoms with Crippen LogP contribution in [0.3, 0.4) is 0 Å². The maximum Gasteiger partial charge on any atom is 0.253 e. The molecule has 1 aromatic heterocycles. The summed E-state index contributed by atoms with van der Waals surface area (Å²) >= 11 is 3.74. The molecule has 0 aliphatic rings. The van der Waals surface area contributed by atoms with Gasteiger partial charge < -0.3 is 9.87 Å². The van der Waals surface area contributed by atoms with Crippen LogP contribution in [0.15, 0.2) is 64.6 Å². The van der Waals surface area contributed by atoms with Gasteiger partial charge in [-0.3, -0.25) is 9.78 Å². The molecule has 28 heavy (non-hydrogen) atoms. The molecule has 9 heteroatoms. The Balaban J connectivity index is 1.89. The lowest BCUT2D eigenvalue weighted by atomic mass is 10.2. The van der Waals surface area contributed by atoms with Gasteiger partial charge in [-0.1, -0.05) is 11.6 Å². The number of nitrogens with zero attached hydrogens (tertiary/aromatic N) is 1. The molecule has 1 amide bonds. The minimum atomic E-state index is -2.05. The summed E-state index contributed by atoms with van der Waals surface area (Å²) in [6, 6.07) is 8.52. The second kappa shape index (κ2) is 8.64. The van der Waals surface area contributed by atoms with Crippen molar-refractivity contribution in [2.75, 3.05) is 0 Å². The first-order valence-corrected chi connectivity index (χ1v) is 9.42. The maximum absolute atomic E-state index is 14.4. The fourth-order valence-corrected chi connectivity index (χ4v) is 3.81. The van der Waals surface area contributed by atoms with Gasteiger partial charge in [-0.25, -0.2) is 13.2 Å². The number of halogens is 4. The van der Waals surface area contributed by atoms with Crippen molar-refractivity contribution in [2.45, 2.75) is 16.3 Å². The molecule has 4 nitrogen and oxygen atoms in total. The topological polar surface area (TPSA) is 65.0 Å². The average molecular weight is 425 g/mol. The van der Waals surface area contributed by atoms with E-state index < -0.39 is 41.1 Å². The molecule has 1 unspecified atom stereocenters. The number of hydrogen-bond acceptors (Lipinski definition) is 3. The van der Waals surface area contributed by atoms with E-state index in [0.29, 0.717) is 5.02 Å². The van der Waals surface area contributed by atoms with E-state index in [1.807, 2.05) is 0 Å². The van der Waals surface area contributed by atoms with E-state index in [0.717, 1.165) is 30.6 Å². The van der Waals surface area contributed by atoms with Gasteiger partial charge in [0.05, 0.1) is 23.9 Å². The Morgan fingerprint density at radius 1 is 1.07 bits per heavy atom. The Morgan fingerprint density at radius 3 is 2.43 bits per heavy atom. The summed E-state index contributed by atoms with van der Waals surface area (Å²) in [5, 5.41) is 2.76. The highest BCUT2D eigenvalue weighted by atomic mass is 35.5. The number of amides is 1. The predicted molar refractivity (Wildman–Crippen MR) is 97.8 cm³/mol. The van der Waals surface area contributed by atoms with E-state index in [4.69, 9.17) is 11.6 Å². The Bertz CT molecular complexity index is 1020. The number of carbonyl (C=O) groups is 1. The number of pyridine rings is 1. The van der Waals surface area contributed by atoms with E-state index in [-0.39, 0.29) is 20.9 Å². The molecule has 1 N–H and O–H groups in total. The van der Waals surface area contributed by atoms with Crippen molar-refractivity contribution in [2.24, 2.45) is 0 Å². The molecule has 0 saturated heterocycles. The smallest absolute Gasteiger partial charge is 0.253 e. The van der Waals surface area contributed by atoms with Gasteiger partial charge in [0.15, 0.2) is 10.7 Å². The maximum atomic E-state index is 14.4. The molecule has 0 saturated carbocycles. The number of nitrogens with one attached hydrogen (secondary N) is 1. The zero-order valence-electron chi connectivity index (χ0n) is 14.1. The third-order valence-electron chi connectivity index (χ3n) is 3.76. The molecule has 0 radical (unpaired) electrons. The summed E-state index contributed by atoms with van der Waals surface area (Å²) < 4.78 is 54.7. The van der Waals surface area contributed by atoms with Crippen LogP contribution in [-0.4, -0.2) is 15.4 Å². The Hall–Kier alpha value is -2.55. The van der Waals surface area contributed by atoms with Crippen LogP contribution in [0.4, 0.5) is 13.2 Å². The van der Waals surface area contributed by atoms with Crippen LogP contribution in [0.1, 0.15) is 15.9 Å². The standard InChI is InChI=1S/C19H12ClF3N2O2S/c20-12-1-3-14(4-2-12)28(27)18-15(16(22)5-6-17(18)23)10-25-19(26)11-7-13(21)9-24-8-11/h1-9H,10H2,(H,25,26). The van der Waals surface area contributed by atoms with Gasteiger partial charge in [0.25, 0.3) is 5.91 Å². The normalized spacial score (nSPS) is 11.9. The third kappa shape index (κ3) is 4.46. The summed E-state index contributed by atoms with van der Waals surface area (Å²) in [7, 11) is 0. The molecular weight excluding hydrogens is 413 g/mol. The molecule has 0 aliphatic carbocycles. The van der Waals surface area contributed by atoms with Crippen LogP contribution >= 0.6 is 11.6 Å². The van der Waals surface area contributed by atoms with Gasteiger partial charge >= 0.3 is 0 Å². The summed E-state index contributed by atoms with van der Waals surface area (Å²) in [6.45, 7) is -0.451. The highest BCUT2D eigenvalue weighted by Crippen LogP contribution is 2.29. The van der Waals surface area contributed by atoms with E-state index in [2.05, 4.69) is 10.3 Å².